The summed E-state index contributed by atoms with van der Waals surface area (Å²) in [6.45, 7) is 0. The van der Waals surface area contributed by atoms with Gasteiger partial charge in [-0.2, -0.15) is 0 Å². The first-order chi connectivity index (χ1) is 13.6. The first-order valence-electron chi connectivity index (χ1n) is 8.96. The first kappa shape index (κ1) is 19.9. The zero-order valence-corrected chi connectivity index (χ0v) is 16.8. The van der Waals surface area contributed by atoms with E-state index in [4.69, 9.17) is 28.4 Å². The molecule has 0 bridgehead atoms. The van der Waals surface area contributed by atoms with Gasteiger partial charge in [0.2, 0.25) is 11.5 Å². The van der Waals surface area contributed by atoms with E-state index in [1.807, 2.05) is 18.2 Å². The van der Waals surface area contributed by atoms with Gasteiger partial charge in [-0.25, -0.2) is 0 Å². The SMILES string of the molecule is COc1cc([C@@H]2CC[C@@H](c3cc(OC)c(OC)c(OC)c3)O2)cc(O)c1OC. The van der Waals surface area contributed by atoms with Crippen molar-refractivity contribution in [1.29, 1.82) is 0 Å². The topological polar surface area (TPSA) is 75.6 Å². The van der Waals surface area contributed by atoms with Crippen molar-refractivity contribution in [3.63, 3.8) is 0 Å². The van der Waals surface area contributed by atoms with Gasteiger partial charge in [0.25, 0.3) is 0 Å². The average molecular weight is 390 g/mol. The highest BCUT2D eigenvalue weighted by molar-refractivity contribution is 5.55. The van der Waals surface area contributed by atoms with E-state index in [0.717, 1.165) is 24.0 Å². The number of phenolic OH excluding ortho intramolecular Hbond substituents is 1. The highest BCUT2D eigenvalue weighted by atomic mass is 16.5. The highest BCUT2D eigenvalue weighted by Crippen LogP contribution is 2.48. The van der Waals surface area contributed by atoms with Crippen molar-refractivity contribution in [2.24, 2.45) is 0 Å². The maximum Gasteiger partial charge on any atom is 0.203 e. The molecule has 152 valence electrons. The molecule has 28 heavy (non-hydrogen) atoms. The molecular formula is C21H26O7. The third kappa shape index (κ3) is 3.62. The molecule has 1 fully saturated rings. The van der Waals surface area contributed by atoms with Gasteiger partial charge in [0.05, 0.1) is 47.8 Å². The monoisotopic (exact) mass is 390 g/mol. The number of aromatic hydroxyl groups is 1. The van der Waals surface area contributed by atoms with Crippen LogP contribution >= 0.6 is 0 Å². The summed E-state index contributed by atoms with van der Waals surface area (Å²) in [6.07, 6.45) is 1.32. The van der Waals surface area contributed by atoms with Gasteiger partial charge in [0.15, 0.2) is 23.0 Å². The summed E-state index contributed by atoms with van der Waals surface area (Å²) in [6, 6.07) is 7.30. The fraction of sp³-hybridized carbons (Fsp3) is 0.429. The van der Waals surface area contributed by atoms with E-state index >= 15 is 0 Å². The standard InChI is InChI=1S/C21H26O7/c1-23-17-9-12(8-14(22)20(17)26-4)15-6-7-16(28-15)13-10-18(24-2)21(27-5)19(11-13)25-3/h8-11,15-16,22H,6-7H2,1-5H3/t15-,16-/m0/s1. The van der Waals surface area contributed by atoms with Gasteiger partial charge in [0.1, 0.15) is 0 Å². The molecule has 0 spiro atoms. The summed E-state index contributed by atoms with van der Waals surface area (Å²) >= 11 is 0. The van der Waals surface area contributed by atoms with Gasteiger partial charge in [0, 0.05) is 0 Å². The third-order valence-corrected chi connectivity index (χ3v) is 4.93. The summed E-state index contributed by atoms with van der Waals surface area (Å²) in [5.74, 6) is 2.54. The molecule has 1 heterocycles. The van der Waals surface area contributed by atoms with Gasteiger partial charge >= 0.3 is 0 Å². The number of ether oxygens (including phenoxy) is 6. The van der Waals surface area contributed by atoms with Gasteiger partial charge in [-0.05, 0) is 48.2 Å². The van der Waals surface area contributed by atoms with Crippen molar-refractivity contribution in [3.8, 4) is 34.5 Å². The Morgan fingerprint density at radius 3 is 1.54 bits per heavy atom. The lowest BCUT2D eigenvalue weighted by molar-refractivity contribution is 0.0435. The van der Waals surface area contributed by atoms with Crippen LogP contribution in [-0.2, 0) is 4.74 Å². The molecule has 7 nitrogen and oxygen atoms in total. The number of hydrogen-bond acceptors (Lipinski definition) is 7. The third-order valence-electron chi connectivity index (χ3n) is 4.93. The van der Waals surface area contributed by atoms with E-state index in [9.17, 15) is 5.11 Å². The Labute approximate surface area is 164 Å². The van der Waals surface area contributed by atoms with Crippen molar-refractivity contribution in [1.82, 2.24) is 0 Å². The molecule has 0 unspecified atom stereocenters. The zero-order valence-electron chi connectivity index (χ0n) is 16.8. The molecule has 2 atom stereocenters. The molecule has 1 saturated heterocycles. The fourth-order valence-corrected chi connectivity index (χ4v) is 3.57. The summed E-state index contributed by atoms with van der Waals surface area (Å²) in [5, 5.41) is 10.2. The molecule has 1 aliphatic rings. The van der Waals surface area contributed by atoms with E-state index in [2.05, 4.69) is 0 Å². The predicted molar refractivity (Wildman–Crippen MR) is 103 cm³/mol. The molecular weight excluding hydrogens is 364 g/mol. The highest BCUT2D eigenvalue weighted by Gasteiger charge is 2.30. The Balaban J connectivity index is 1.87. The normalized spacial score (nSPS) is 18.6. The van der Waals surface area contributed by atoms with Gasteiger partial charge in [-0.1, -0.05) is 0 Å². The minimum atomic E-state index is -0.171. The van der Waals surface area contributed by atoms with Crippen LogP contribution in [-0.4, -0.2) is 40.7 Å². The molecule has 2 aromatic rings. The second-order valence-corrected chi connectivity index (χ2v) is 6.42. The van der Waals surface area contributed by atoms with Crippen molar-refractivity contribution in [2.45, 2.75) is 25.0 Å². The minimum absolute atomic E-state index is 0.0247. The molecule has 1 N–H and O–H groups in total. The maximum atomic E-state index is 10.2. The van der Waals surface area contributed by atoms with Crippen molar-refractivity contribution in [3.05, 3.63) is 35.4 Å². The van der Waals surface area contributed by atoms with E-state index in [-0.39, 0.29) is 18.0 Å². The van der Waals surface area contributed by atoms with Crippen LogP contribution in [0.2, 0.25) is 0 Å². The van der Waals surface area contributed by atoms with Crippen molar-refractivity contribution in [2.75, 3.05) is 35.5 Å². The Hall–Kier alpha value is -2.80. The number of rotatable bonds is 7. The van der Waals surface area contributed by atoms with Crippen LogP contribution in [0.3, 0.4) is 0 Å². The second-order valence-electron chi connectivity index (χ2n) is 6.42. The van der Waals surface area contributed by atoms with Crippen LogP contribution in [0, 0.1) is 0 Å². The van der Waals surface area contributed by atoms with E-state index in [1.165, 1.54) is 14.2 Å². The van der Waals surface area contributed by atoms with E-state index in [0.29, 0.717) is 28.7 Å². The fourth-order valence-electron chi connectivity index (χ4n) is 3.57. The smallest absolute Gasteiger partial charge is 0.203 e. The molecule has 0 aromatic heterocycles. The van der Waals surface area contributed by atoms with Crippen LogP contribution in [0.1, 0.15) is 36.2 Å². The lowest BCUT2D eigenvalue weighted by Gasteiger charge is -2.19. The average Bonchev–Trinajstić information content (AvgIpc) is 3.22. The van der Waals surface area contributed by atoms with Crippen LogP contribution in [0.15, 0.2) is 24.3 Å². The molecule has 0 saturated carbocycles. The van der Waals surface area contributed by atoms with Gasteiger partial charge < -0.3 is 33.5 Å². The number of methoxy groups -OCH3 is 5. The largest absolute Gasteiger partial charge is 0.504 e. The first-order valence-corrected chi connectivity index (χ1v) is 8.96. The lowest BCUT2D eigenvalue weighted by Crippen LogP contribution is -2.03. The quantitative estimate of drug-likeness (QED) is 0.765. The second kappa shape index (κ2) is 8.48. The summed E-state index contributed by atoms with van der Waals surface area (Å²) in [5.41, 5.74) is 1.78. The Kier molecular flexibility index (Phi) is 6.04. The molecule has 7 heteroatoms. The van der Waals surface area contributed by atoms with Crippen LogP contribution in [0.25, 0.3) is 0 Å². The van der Waals surface area contributed by atoms with Crippen LogP contribution < -0.4 is 23.7 Å². The number of benzene rings is 2. The van der Waals surface area contributed by atoms with E-state index < -0.39 is 0 Å². The number of phenols is 1. The molecule has 2 aromatic carbocycles. The lowest BCUT2D eigenvalue weighted by atomic mass is 10.0. The summed E-state index contributed by atoms with van der Waals surface area (Å²) in [7, 11) is 7.78. The van der Waals surface area contributed by atoms with Crippen molar-refractivity contribution >= 4 is 0 Å². The van der Waals surface area contributed by atoms with E-state index in [1.54, 1.807) is 27.4 Å². The Bertz CT molecular complexity index is 809. The molecule has 0 aliphatic carbocycles. The maximum absolute atomic E-state index is 10.2. The van der Waals surface area contributed by atoms with Gasteiger partial charge in [-0.15, -0.1) is 0 Å². The zero-order chi connectivity index (χ0) is 20.3. The Morgan fingerprint density at radius 2 is 1.11 bits per heavy atom. The minimum Gasteiger partial charge on any atom is -0.504 e. The summed E-state index contributed by atoms with van der Waals surface area (Å²) < 4.78 is 33.1. The van der Waals surface area contributed by atoms with Gasteiger partial charge in [-0.3, -0.25) is 0 Å². The van der Waals surface area contributed by atoms with Crippen molar-refractivity contribution < 1.29 is 33.5 Å². The summed E-state index contributed by atoms with van der Waals surface area (Å²) in [4.78, 5) is 0. The van der Waals surface area contributed by atoms with Crippen LogP contribution in [0.5, 0.6) is 34.5 Å². The Morgan fingerprint density at radius 1 is 0.679 bits per heavy atom. The molecule has 0 amide bonds. The predicted octanol–water partition coefficient (Wildman–Crippen LogP) is 4.03. The number of hydrogen-bond donors (Lipinski definition) is 1. The molecule has 3 rings (SSSR count). The van der Waals surface area contributed by atoms with Crippen LogP contribution in [0.4, 0.5) is 0 Å². The molecule has 0 radical (unpaired) electrons. The molecule has 1 aliphatic heterocycles.